The lowest BCUT2D eigenvalue weighted by Crippen LogP contribution is -2.91. The molecular weight excluding hydrogens is 358 g/mol. The number of fused-ring (bicyclic) bond motifs is 1. The Hall–Kier alpha value is -1.81. The first kappa shape index (κ1) is 17.1. The lowest BCUT2D eigenvalue weighted by Gasteiger charge is -2.81. The van der Waals surface area contributed by atoms with Crippen molar-refractivity contribution in [3.05, 3.63) is 23.8 Å². The van der Waals surface area contributed by atoms with Crippen molar-refractivity contribution in [1.29, 1.82) is 5.26 Å². The Morgan fingerprint density at radius 3 is 2.71 bits per heavy atom. The zero-order chi connectivity index (χ0) is 20.0. The molecule has 2 N–H and O–H groups in total. The lowest BCUT2D eigenvalue weighted by molar-refractivity contribution is -0.452. The van der Waals surface area contributed by atoms with Crippen molar-refractivity contribution in [2.45, 2.75) is 38.6 Å². The first-order valence-corrected chi connectivity index (χ1v) is 10.1. The van der Waals surface area contributed by atoms with Crippen molar-refractivity contribution in [3.63, 3.8) is 0 Å². The molecule has 0 amide bonds. The van der Waals surface area contributed by atoms with Crippen LogP contribution in [-0.4, -0.2) is 40.3 Å². The number of aliphatic hydroxyl groups excluding tert-OH is 1. The van der Waals surface area contributed by atoms with E-state index >= 15 is 0 Å². The third-order valence-corrected chi connectivity index (χ3v) is 9.32. The number of ether oxygens (including phenoxy) is 1. The Balaban J connectivity index is 1.64. The summed E-state index contributed by atoms with van der Waals surface area (Å²) in [5, 5.41) is 32.7. The highest BCUT2D eigenvalue weighted by molar-refractivity contribution is 6.08. The summed E-state index contributed by atoms with van der Waals surface area (Å²) in [5.41, 5.74) is -2.12. The van der Waals surface area contributed by atoms with Gasteiger partial charge in [-0.3, -0.25) is 9.59 Å². The second-order valence-electron chi connectivity index (χ2n) is 10.3. The van der Waals surface area contributed by atoms with E-state index in [2.05, 4.69) is 6.58 Å². The standard InChI is InChI=1S/C22H23NO5/c1-9-11-4-5-12-20-8-28-22(27,21(12)14(11)13(9)17(21)25)18(26)15(20)19(2,3)6-10(7-23)16(20)24/h6,11-15,18,26-27H,1,4-5,8H2,2-3H3/t11-,12-,13?,14-,15+,18-,20-,21?,22-/m0/s1. The van der Waals surface area contributed by atoms with Crippen molar-refractivity contribution < 1.29 is 24.5 Å². The fourth-order valence-electron chi connectivity index (χ4n) is 8.60. The van der Waals surface area contributed by atoms with Gasteiger partial charge in [-0.2, -0.15) is 5.26 Å². The minimum Gasteiger partial charge on any atom is -0.387 e. The van der Waals surface area contributed by atoms with E-state index in [-0.39, 0.29) is 41.5 Å². The summed E-state index contributed by atoms with van der Waals surface area (Å²) in [6.07, 6.45) is 1.66. The Kier molecular flexibility index (Phi) is 2.66. The Labute approximate surface area is 162 Å². The molecule has 4 saturated carbocycles. The molecule has 5 aliphatic carbocycles. The van der Waals surface area contributed by atoms with Crippen LogP contribution in [0, 0.1) is 57.2 Å². The lowest BCUT2D eigenvalue weighted by atomic mass is 9.23. The molecule has 2 unspecified atom stereocenters. The molecule has 2 spiro atoms. The molecule has 2 heterocycles. The average Bonchev–Trinajstić information content (AvgIpc) is 2.64. The van der Waals surface area contributed by atoms with Gasteiger partial charge < -0.3 is 14.9 Å². The first-order chi connectivity index (χ1) is 13.1. The van der Waals surface area contributed by atoms with Gasteiger partial charge in [-0.25, -0.2) is 0 Å². The molecule has 9 atom stereocenters. The number of allylic oxidation sites excluding steroid dienone is 3. The average molecular weight is 381 g/mol. The van der Waals surface area contributed by atoms with E-state index in [1.807, 2.05) is 19.9 Å². The molecule has 6 fully saturated rings. The van der Waals surface area contributed by atoms with Gasteiger partial charge in [-0.05, 0) is 36.0 Å². The normalized spacial score (nSPS) is 57.1. The molecule has 28 heavy (non-hydrogen) atoms. The zero-order valence-electron chi connectivity index (χ0n) is 15.9. The summed E-state index contributed by atoms with van der Waals surface area (Å²) in [6, 6.07) is 2.03. The van der Waals surface area contributed by atoms with Gasteiger partial charge in [-0.1, -0.05) is 32.1 Å². The van der Waals surface area contributed by atoms with Gasteiger partial charge in [0.05, 0.1) is 23.0 Å². The van der Waals surface area contributed by atoms with Crippen LogP contribution in [0.2, 0.25) is 0 Å². The second-order valence-corrected chi connectivity index (χ2v) is 10.3. The maximum absolute atomic E-state index is 13.6. The third-order valence-electron chi connectivity index (χ3n) is 9.32. The molecule has 7 aliphatic rings. The summed E-state index contributed by atoms with van der Waals surface area (Å²) < 4.78 is 5.86. The summed E-state index contributed by atoms with van der Waals surface area (Å²) in [6.45, 7) is 7.77. The van der Waals surface area contributed by atoms with Gasteiger partial charge in [0.1, 0.15) is 12.2 Å². The molecule has 2 bridgehead atoms. The van der Waals surface area contributed by atoms with Crippen LogP contribution in [0.15, 0.2) is 23.8 Å². The van der Waals surface area contributed by atoms with E-state index in [1.54, 1.807) is 6.08 Å². The van der Waals surface area contributed by atoms with Crippen LogP contribution in [0.1, 0.15) is 26.7 Å². The summed E-state index contributed by atoms with van der Waals surface area (Å²) in [7, 11) is 0. The summed E-state index contributed by atoms with van der Waals surface area (Å²) in [5.74, 6) is -3.78. The number of aliphatic hydroxyl groups is 2. The van der Waals surface area contributed by atoms with Crippen LogP contribution < -0.4 is 0 Å². The molecule has 6 heteroatoms. The van der Waals surface area contributed by atoms with Crippen molar-refractivity contribution in [2.75, 3.05) is 6.61 Å². The van der Waals surface area contributed by atoms with Crippen LogP contribution in [0.4, 0.5) is 0 Å². The zero-order valence-corrected chi connectivity index (χ0v) is 15.9. The number of hydrogen-bond donors (Lipinski definition) is 2. The Morgan fingerprint density at radius 2 is 2.04 bits per heavy atom. The minimum absolute atomic E-state index is 0.0603. The van der Waals surface area contributed by atoms with Crippen molar-refractivity contribution in [2.24, 2.45) is 45.8 Å². The quantitative estimate of drug-likeness (QED) is 0.609. The Bertz CT molecular complexity index is 974. The Morgan fingerprint density at radius 1 is 1.32 bits per heavy atom. The summed E-state index contributed by atoms with van der Waals surface area (Å²) in [4.78, 5) is 27.0. The highest BCUT2D eigenvalue weighted by Crippen LogP contribution is 2.83. The number of rotatable bonds is 0. The van der Waals surface area contributed by atoms with Crippen molar-refractivity contribution >= 4 is 11.6 Å². The number of hydrogen-bond acceptors (Lipinski definition) is 6. The highest BCUT2D eigenvalue weighted by Gasteiger charge is 2.91. The summed E-state index contributed by atoms with van der Waals surface area (Å²) >= 11 is 0. The fraction of sp³-hybridized carbons (Fsp3) is 0.682. The molecule has 146 valence electrons. The minimum atomic E-state index is -1.99. The van der Waals surface area contributed by atoms with Crippen LogP contribution in [-0.2, 0) is 14.3 Å². The van der Waals surface area contributed by atoms with Crippen LogP contribution in [0.3, 0.4) is 0 Å². The first-order valence-electron chi connectivity index (χ1n) is 10.1. The predicted molar refractivity (Wildman–Crippen MR) is 95.1 cm³/mol. The van der Waals surface area contributed by atoms with Gasteiger partial charge in [0, 0.05) is 11.8 Å². The number of carbonyl (C=O) groups excluding carboxylic acids is 2. The smallest absolute Gasteiger partial charge is 0.205 e. The van der Waals surface area contributed by atoms with E-state index < -0.39 is 40.0 Å². The number of Topliss-reactive ketones (excluding diaryl/α,β-unsaturated/α-hetero) is 2. The second kappa shape index (κ2) is 4.35. The molecule has 7 rings (SSSR count). The molecular formula is C22H23NO5. The van der Waals surface area contributed by atoms with Gasteiger partial charge >= 0.3 is 0 Å². The molecule has 2 saturated heterocycles. The van der Waals surface area contributed by atoms with Crippen LogP contribution >= 0.6 is 0 Å². The van der Waals surface area contributed by atoms with E-state index in [9.17, 15) is 25.1 Å². The maximum atomic E-state index is 13.6. The van der Waals surface area contributed by atoms with Crippen molar-refractivity contribution in [3.8, 4) is 6.07 Å². The molecule has 0 aromatic heterocycles. The monoisotopic (exact) mass is 381 g/mol. The number of ketones is 2. The topological polar surface area (TPSA) is 108 Å². The van der Waals surface area contributed by atoms with Crippen LogP contribution in [0.25, 0.3) is 0 Å². The number of carbonyl (C=O) groups is 2. The number of nitriles is 1. The predicted octanol–water partition coefficient (Wildman–Crippen LogP) is 1.14. The van der Waals surface area contributed by atoms with E-state index in [0.717, 1.165) is 12.0 Å². The molecule has 6 nitrogen and oxygen atoms in total. The largest absolute Gasteiger partial charge is 0.387 e. The van der Waals surface area contributed by atoms with E-state index in [1.165, 1.54) is 0 Å². The molecule has 0 aromatic carbocycles. The molecule has 0 aromatic rings. The van der Waals surface area contributed by atoms with Gasteiger partial charge in [-0.15, -0.1) is 0 Å². The highest BCUT2D eigenvalue weighted by atomic mass is 16.6. The van der Waals surface area contributed by atoms with Crippen molar-refractivity contribution in [1.82, 2.24) is 0 Å². The molecule has 2 aliphatic heterocycles. The fourth-order valence-corrected chi connectivity index (χ4v) is 8.60. The van der Waals surface area contributed by atoms with E-state index in [0.29, 0.717) is 6.42 Å². The molecule has 0 radical (unpaired) electrons. The number of nitrogens with zero attached hydrogens (tertiary/aromatic N) is 1. The van der Waals surface area contributed by atoms with Crippen LogP contribution in [0.5, 0.6) is 0 Å². The SMILES string of the molecule is C=C1C2C(=O)C34[C@H]2[C@H]1CC[C@H]3[C@@]12CO[C@@]4(O)[C@@H](O)[C@@H]1C(C)(C)C=C(C#N)C2=O. The van der Waals surface area contributed by atoms with E-state index in [4.69, 9.17) is 4.74 Å². The van der Waals surface area contributed by atoms with Gasteiger partial charge in [0.2, 0.25) is 5.79 Å². The van der Waals surface area contributed by atoms with Gasteiger partial charge in [0.15, 0.2) is 11.6 Å². The maximum Gasteiger partial charge on any atom is 0.205 e. The third kappa shape index (κ3) is 1.25. The van der Waals surface area contributed by atoms with Gasteiger partial charge in [0.25, 0.3) is 0 Å².